The SMILES string of the molecule is CCCN1CCC(CNC(=O)Nc2ccc(C(F)(F)F)cc2)CC1. The van der Waals surface area contributed by atoms with Gasteiger partial charge in [-0.05, 0) is 69.1 Å². The first-order chi connectivity index (χ1) is 11.4. The lowest BCUT2D eigenvalue weighted by Crippen LogP contribution is -2.40. The number of anilines is 1. The molecule has 0 spiro atoms. The molecule has 1 aromatic carbocycles. The number of carbonyl (C=O) groups excluding carboxylic acids is 1. The van der Waals surface area contributed by atoms with E-state index < -0.39 is 11.7 Å². The molecule has 1 fully saturated rings. The molecule has 2 amide bonds. The van der Waals surface area contributed by atoms with Gasteiger partial charge in [0.2, 0.25) is 0 Å². The maximum Gasteiger partial charge on any atom is 0.416 e. The number of amides is 2. The molecule has 134 valence electrons. The van der Waals surface area contributed by atoms with Gasteiger partial charge in [0.15, 0.2) is 0 Å². The van der Waals surface area contributed by atoms with E-state index in [1.807, 2.05) is 0 Å². The Balaban J connectivity index is 1.72. The molecule has 0 aliphatic carbocycles. The Labute approximate surface area is 140 Å². The second kappa shape index (κ2) is 8.37. The quantitative estimate of drug-likeness (QED) is 0.850. The van der Waals surface area contributed by atoms with Crippen LogP contribution in [-0.2, 0) is 6.18 Å². The third kappa shape index (κ3) is 5.70. The van der Waals surface area contributed by atoms with Crippen LogP contribution in [0.2, 0.25) is 0 Å². The maximum atomic E-state index is 12.5. The predicted molar refractivity (Wildman–Crippen MR) is 87.9 cm³/mol. The van der Waals surface area contributed by atoms with Crippen LogP contribution < -0.4 is 10.6 Å². The molecule has 1 saturated heterocycles. The smallest absolute Gasteiger partial charge is 0.338 e. The summed E-state index contributed by atoms with van der Waals surface area (Å²) in [4.78, 5) is 14.3. The normalized spacial score (nSPS) is 16.8. The Morgan fingerprint density at radius 3 is 2.38 bits per heavy atom. The van der Waals surface area contributed by atoms with Crippen molar-refractivity contribution in [2.75, 3.05) is 31.5 Å². The first-order valence-corrected chi connectivity index (χ1v) is 8.33. The molecule has 0 unspecified atom stereocenters. The molecule has 1 aliphatic heterocycles. The maximum absolute atomic E-state index is 12.5. The van der Waals surface area contributed by atoms with E-state index >= 15 is 0 Å². The number of rotatable bonds is 5. The average Bonchev–Trinajstić information content (AvgIpc) is 2.54. The van der Waals surface area contributed by atoms with Crippen LogP contribution in [-0.4, -0.2) is 37.1 Å². The zero-order chi connectivity index (χ0) is 17.6. The van der Waals surface area contributed by atoms with E-state index in [2.05, 4.69) is 22.5 Å². The highest BCUT2D eigenvalue weighted by molar-refractivity contribution is 5.89. The molecule has 0 bridgehead atoms. The summed E-state index contributed by atoms with van der Waals surface area (Å²) in [5.41, 5.74) is -0.384. The summed E-state index contributed by atoms with van der Waals surface area (Å²) in [5.74, 6) is 0.455. The molecule has 1 aromatic rings. The number of alkyl halides is 3. The van der Waals surface area contributed by atoms with Gasteiger partial charge >= 0.3 is 12.2 Å². The van der Waals surface area contributed by atoms with Gasteiger partial charge < -0.3 is 15.5 Å². The molecule has 4 nitrogen and oxygen atoms in total. The molecule has 0 atom stereocenters. The van der Waals surface area contributed by atoms with Crippen molar-refractivity contribution in [1.29, 1.82) is 0 Å². The Hall–Kier alpha value is -1.76. The molecular weight excluding hydrogens is 319 g/mol. The van der Waals surface area contributed by atoms with Gasteiger partial charge in [0.25, 0.3) is 0 Å². The molecule has 2 N–H and O–H groups in total. The number of nitrogens with zero attached hydrogens (tertiary/aromatic N) is 1. The van der Waals surface area contributed by atoms with E-state index in [4.69, 9.17) is 0 Å². The molecule has 2 rings (SSSR count). The Kier molecular flexibility index (Phi) is 6.48. The van der Waals surface area contributed by atoms with Crippen LogP contribution in [0.25, 0.3) is 0 Å². The minimum absolute atomic E-state index is 0.346. The summed E-state index contributed by atoms with van der Waals surface area (Å²) in [6.07, 6.45) is -1.10. The fourth-order valence-corrected chi connectivity index (χ4v) is 2.89. The van der Waals surface area contributed by atoms with Gasteiger partial charge in [-0.2, -0.15) is 13.2 Å². The van der Waals surface area contributed by atoms with Crippen LogP contribution in [0.3, 0.4) is 0 Å². The number of benzene rings is 1. The number of nitrogens with one attached hydrogen (secondary N) is 2. The van der Waals surface area contributed by atoms with Crippen LogP contribution in [0.15, 0.2) is 24.3 Å². The highest BCUT2D eigenvalue weighted by atomic mass is 19.4. The predicted octanol–water partition coefficient (Wildman–Crippen LogP) is 3.95. The molecule has 1 heterocycles. The number of hydrogen-bond donors (Lipinski definition) is 2. The largest absolute Gasteiger partial charge is 0.416 e. The van der Waals surface area contributed by atoms with Crippen molar-refractivity contribution in [2.45, 2.75) is 32.4 Å². The summed E-state index contributed by atoms with van der Waals surface area (Å²) in [7, 11) is 0. The van der Waals surface area contributed by atoms with Crippen molar-refractivity contribution in [3.05, 3.63) is 29.8 Å². The fourth-order valence-electron chi connectivity index (χ4n) is 2.89. The van der Waals surface area contributed by atoms with Crippen molar-refractivity contribution >= 4 is 11.7 Å². The highest BCUT2D eigenvalue weighted by Crippen LogP contribution is 2.29. The fraction of sp³-hybridized carbons (Fsp3) is 0.588. The summed E-state index contributed by atoms with van der Waals surface area (Å²) < 4.78 is 37.4. The third-order valence-electron chi connectivity index (χ3n) is 4.27. The number of halogens is 3. The first kappa shape index (κ1) is 18.6. The van der Waals surface area contributed by atoms with Crippen molar-refractivity contribution < 1.29 is 18.0 Å². The first-order valence-electron chi connectivity index (χ1n) is 8.33. The minimum Gasteiger partial charge on any atom is -0.338 e. The summed E-state index contributed by atoms with van der Waals surface area (Å²) in [5, 5.41) is 5.36. The Morgan fingerprint density at radius 2 is 1.83 bits per heavy atom. The van der Waals surface area contributed by atoms with Crippen molar-refractivity contribution in [2.24, 2.45) is 5.92 Å². The Morgan fingerprint density at radius 1 is 1.21 bits per heavy atom. The van der Waals surface area contributed by atoms with Gasteiger partial charge in [-0.1, -0.05) is 6.92 Å². The Bertz CT molecular complexity index is 523. The molecule has 1 aliphatic rings. The summed E-state index contributed by atoms with van der Waals surface area (Å²) in [6, 6.07) is 4.04. The van der Waals surface area contributed by atoms with Gasteiger partial charge in [-0.3, -0.25) is 0 Å². The van der Waals surface area contributed by atoms with E-state index in [0.717, 1.165) is 51.0 Å². The van der Waals surface area contributed by atoms with Crippen LogP contribution in [0.5, 0.6) is 0 Å². The van der Waals surface area contributed by atoms with Crippen LogP contribution in [0.4, 0.5) is 23.7 Å². The zero-order valence-electron chi connectivity index (χ0n) is 13.8. The van der Waals surface area contributed by atoms with Crippen LogP contribution in [0.1, 0.15) is 31.7 Å². The van der Waals surface area contributed by atoms with Crippen LogP contribution >= 0.6 is 0 Å². The van der Waals surface area contributed by atoms with Crippen molar-refractivity contribution in [3.8, 4) is 0 Å². The van der Waals surface area contributed by atoms with Gasteiger partial charge in [-0.15, -0.1) is 0 Å². The molecule has 24 heavy (non-hydrogen) atoms. The van der Waals surface area contributed by atoms with Gasteiger partial charge in [0.05, 0.1) is 5.56 Å². The zero-order valence-corrected chi connectivity index (χ0v) is 13.8. The lowest BCUT2D eigenvalue weighted by Gasteiger charge is -2.31. The second-order valence-corrected chi connectivity index (χ2v) is 6.20. The average molecular weight is 343 g/mol. The number of carbonyl (C=O) groups is 1. The van der Waals surface area contributed by atoms with Gasteiger partial charge in [-0.25, -0.2) is 4.79 Å². The molecule has 7 heteroatoms. The molecular formula is C17H24F3N3O. The van der Waals surface area contributed by atoms with Crippen molar-refractivity contribution in [1.82, 2.24) is 10.2 Å². The van der Waals surface area contributed by atoms with Crippen LogP contribution in [0, 0.1) is 5.92 Å². The molecule has 0 aromatic heterocycles. The van der Waals surface area contributed by atoms with E-state index in [1.165, 1.54) is 12.1 Å². The van der Waals surface area contributed by atoms with E-state index in [9.17, 15) is 18.0 Å². The van der Waals surface area contributed by atoms with Gasteiger partial charge in [0, 0.05) is 12.2 Å². The van der Waals surface area contributed by atoms with E-state index in [-0.39, 0.29) is 6.03 Å². The highest BCUT2D eigenvalue weighted by Gasteiger charge is 2.30. The molecule has 0 saturated carbocycles. The molecule has 0 radical (unpaired) electrons. The summed E-state index contributed by atoms with van der Waals surface area (Å²) in [6.45, 7) is 5.99. The number of likely N-dealkylation sites (tertiary alicyclic amines) is 1. The minimum atomic E-state index is -4.37. The number of hydrogen-bond acceptors (Lipinski definition) is 2. The number of urea groups is 1. The van der Waals surface area contributed by atoms with Crippen molar-refractivity contribution in [3.63, 3.8) is 0 Å². The van der Waals surface area contributed by atoms with E-state index in [0.29, 0.717) is 18.2 Å². The standard InChI is InChI=1S/C17H24F3N3O/c1-2-9-23-10-7-13(8-11-23)12-21-16(24)22-15-5-3-14(4-6-15)17(18,19)20/h3-6,13H,2,7-12H2,1H3,(H2,21,22,24). The third-order valence-corrected chi connectivity index (χ3v) is 4.27. The second-order valence-electron chi connectivity index (χ2n) is 6.20. The van der Waals surface area contributed by atoms with Gasteiger partial charge in [0.1, 0.15) is 0 Å². The summed E-state index contributed by atoms with van der Waals surface area (Å²) >= 11 is 0. The lowest BCUT2D eigenvalue weighted by molar-refractivity contribution is -0.137. The van der Waals surface area contributed by atoms with E-state index in [1.54, 1.807) is 0 Å². The monoisotopic (exact) mass is 343 g/mol. The number of piperidine rings is 1. The topological polar surface area (TPSA) is 44.4 Å². The lowest BCUT2D eigenvalue weighted by atomic mass is 9.97.